The number of fused-ring (bicyclic) bond motifs is 1. The molecule has 0 spiro atoms. The topological polar surface area (TPSA) is 106 Å². The Balaban J connectivity index is 1.09. The molecule has 39 heavy (non-hydrogen) atoms. The van der Waals surface area contributed by atoms with Crippen molar-refractivity contribution in [1.29, 1.82) is 0 Å². The van der Waals surface area contributed by atoms with E-state index in [0.717, 1.165) is 73.1 Å². The van der Waals surface area contributed by atoms with Crippen molar-refractivity contribution in [3.63, 3.8) is 0 Å². The molecule has 11 heteroatoms. The SMILES string of the molecule is Cn1cc(-c2nc3c(N4CCN(c5cccc(OCC(=O)NC6CCCCC6)c5)CC4)ncnc3n2C)cn1. The number of aryl methyl sites for hydroxylation is 2. The van der Waals surface area contributed by atoms with Gasteiger partial charge in [0.2, 0.25) is 0 Å². The predicted octanol–water partition coefficient (Wildman–Crippen LogP) is 2.92. The van der Waals surface area contributed by atoms with Gasteiger partial charge >= 0.3 is 0 Å². The minimum absolute atomic E-state index is 0.0433. The van der Waals surface area contributed by atoms with E-state index < -0.39 is 0 Å². The van der Waals surface area contributed by atoms with Gasteiger partial charge in [0.05, 0.1) is 11.8 Å². The summed E-state index contributed by atoms with van der Waals surface area (Å²) < 4.78 is 9.61. The molecule has 1 aromatic carbocycles. The molecule has 1 N–H and O–H groups in total. The number of carbonyl (C=O) groups excluding carboxylic acids is 1. The lowest BCUT2D eigenvalue weighted by atomic mass is 9.95. The Hall–Kier alpha value is -4.15. The van der Waals surface area contributed by atoms with E-state index >= 15 is 0 Å². The zero-order valence-corrected chi connectivity index (χ0v) is 22.6. The molecule has 2 fully saturated rings. The molecular weight excluding hydrogens is 494 g/mol. The Kier molecular flexibility index (Phi) is 7.04. The molecule has 0 unspecified atom stereocenters. The van der Waals surface area contributed by atoms with Gasteiger partial charge in [0.1, 0.15) is 17.9 Å². The number of piperazine rings is 1. The summed E-state index contributed by atoms with van der Waals surface area (Å²) in [5, 5.41) is 7.40. The molecule has 1 saturated carbocycles. The number of benzene rings is 1. The third kappa shape index (κ3) is 5.39. The van der Waals surface area contributed by atoms with E-state index in [1.807, 2.05) is 49.3 Å². The largest absolute Gasteiger partial charge is 0.484 e. The van der Waals surface area contributed by atoms with Gasteiger partial charge in [0, 0.05) is 64.3 Å². The molecule has 0 atom stereocenters. The molecule has 4 aromatic rings. The average molecular weight is 530 g/mol. The second-order valence-electron chi connectivity index (χ2n) is 10.4. The molecule has 1 aliphatic carbocycles. The summed E-state index contributed by atoms with van der Waals surface area (Å²) in [5.74, 6) is 2.34. The van der Waals surface area contributed by atoms with Gasteiger partial charge in [-0.3, -0.25) is 9.48 Å². The summed E-state index contributed by atoms with van der Waals surface area (Å²) in [6.45, 7) is 3.32. The van der Waals surface area contributed by atoms with Crippen LogP contribution < -0.4 is 19.9 Å². The molecule has 1 saturated heterocycles. The maximum atomic E-state index is 12.4. The minimum atomic E-state index is -0.0433. The van der Waals surface area contributed by atoms with E-state index in [-0.39, 0.29) is 12.5 Å². The normalized spacial score (nSPS) is 16.6. The Bertz CT molecular complexity index is 1450. The Labute approximate surface area is 227 Å². The molecule has 6 rings (SSSR count). The fraction of sp³-hybridized carbons (Fsp3) is 0.464. The van der Waals surface area contributed by atoms with Gasteiger partial charge in [-0.15, -0.1) is 0 Å². The summed E-state index contributed by atoms with van der Waals surface area (Å²) in [6, 6.07) is 8.30. The second kappa shape index (κ2) is 10.9. The van der Waals surface area contributed by atoms with Crippen LogP contribution in [-0.2, 0) is 18.9 Å². The molecule has 4 heterocycles. The molecule has 0 bridgehead atoms. The van der Waals surface area contributed by atoms with Crippen molar-refractivity contribution in [2.24, 2.45) is 14.1 Å². The smallest absolute Gasteiger partial charge is 0.258 e. The maximum Gasteiger partial charge on any atom is 0.258 e. The van der Waals surface area contributed by atoms with Crippen molar-refractivity contribution >= 4 is 28.6 Å². The molecule has 0 radical (unpaired) electrons. The first-order valence-corrected chi connectivity index (χ1v) is 13.7. The third-order valence-electron chi connectivity index (χ3n) is 7.70. The molecule has 2 aliphatic rings. The predicted molar refractivity (Wildman–Crippen MR) is 150 cm³/mol. The molecule has 11 nitrogen and oxygen atoms in total. The summed E-state index contributed by atoms with van der Waals surface area (Å²) >= 11 is 0. The number of rotatable bonds is 7. The van der Waals surface area contributed by atoms with Crippen LogP contribution in [0.1, 0.15) is 32.1 Å². The Morgan fingerprint density at radius 2 is 1.85 bits per heavy atom. The first kappa shape index (κ1) is 25.1. The van der Waals surface area contributed by atoms with Crippen LogP contribution in [0, 0.1) is 0 Å². The van der Waals surface area contributed by atoms with Crippen LogP contribution in [-0.4, -0.2) is 74.0 Å². The van der Waals surface area contributed by atoms with Crippen LogP contribution in [0.3, 0.4) is 0 Å². The van der Waals surface area contributed by atoms with Crippen molar-refractivity contribution in [2.75, 3.05) is 42.6 Å². The van der Waals surface area contributed by atoms with Crippen LogP contribution >= 0.6 is 0 Å². The lowest BCUT2D eigenvalue weighted by molar-refractivity contribution is -0.124. The van der Waals surface area contributed by atoms with Crippen LogP contribution in [0.2, 0.25) is 0 Å². The number of nitrogens with one attached hydrogen (secondary N) is 1. The Morgan fingerprint density at radius 1 is 1.05 bits per heavy atom. The number of imidazole rings is 1. The van der Waals surface area contributed by atoms with Crippen LogP contribution in [0.4, 0.5) is 11.5 Å². The van der Waals surface area contributed by atoms with E-state index in [1.165, 1.54) is 19.3 Å². The summed E-state index contributed by atoms with van der Waals surface area (Å²) in [5.41, 5.74) is 3.64. The first-order chi connectivity index (χ1) is 19.0. The number of aromatic nitrogens is 6. The van der Waals surface area contributed by atoms with Crippen molar-refractivity contribution in [2.45, 2.75) is 38.1 Å². The summed E-state index contributed by atoms with van der Waals surface area (Å²) in [4.78, 5) is 31.0. The number of hydrogen-bond donors (Lipinski definition) is 1. The highest BCUT2D eigenvalue weighted by Crippen LogP contribution is 2.29. The molecule has 3 aromatic heterocycles. The average Bonchev–Trinajstić information content (AvgIpc) is 3.55. The van der Waals surface area contributed by atoms with E-state index in [2.05, 4.69) is 36.2 Å². The molecule has 1 aliphatic heterocycles. The number of hydrogen-bond acceptors (Lipinski definition) is 8. The maximum absolute atomic E-state index is 12.4. The van der Waals surface area contributed by atoms with Gasteiger partial charge in [0.15, 0.2) is 23.6 Å². The Morgan fingerprint density at radius 3 is 2.62 bits per heavy atom. The third-order valence-corrected chi connectivity index (χ3v) is 7.70. The highest BCUT2D eigenvalue weighted by molar-refractivity contribution is 5.87. The summed E-state index contributed by atoms with van der Waals surface area (Å²) in [6.07, 6.45) is 11.2. The van der Waals surface area contributed by atoms with Crippen LogP contribution in [0.25, 0.3) is 22.6 Å². The zero-order chi connectivity index (χ0) is 26.8. The van der Waals surface area contributed by atoms with Gasteiger partial charge in [-0.1, -0.05) is 25.3 Å². The highest BCUT2D eigenvalue weighted by atomic mass is 16.5. The lowest BCUT2D eigenvalue weighted by Gasteiger charge is -2.36. The zero-order valence-electron chi connectivity index (χ0n) is 22.6. The quantitative estimate of drug-likeness (QED) is 0.390. The lowest BCUT2D eigenvalue weighted by Crippen LogP contribution is -2.47. The molecule has 204 valence electrons. The van der Waals surface area contributed by atoms with Gasteiger partial charge in [-0.25, -0.2) is 15.0 Å². The summed E-state index contributed by atoms with van der Waals surface area (Å²) in [7, 11) is 3.87. The van der Waals surface area contributed by atoms with Gasteiger partial charge < -0.3 is 24.4 Å². The van der Waals surface area contributed by atoms with Crippen molar-refractivity contribution in [3.8, 4) is 17.1 Å². The van der Waals surface area contributed by atoms with Gasteiger partial charge in [0.25, 0.3) is 5.91 Å². The fourth-order valence-corrected chi connectivity index (χ4v) is 5.63. The van der Waals surface area contributed by atoms with E-state index in [0.29, 0.717) is 11.8 Å². The van der Waals surface area contributed by atoms with E-state index in [4.69, 9.17) is 9.72 Å². The second-order valence-corrected chi connectivity index (χ2v) is 10.4. The van der Waals surface area contributed by atoms with E-state index in [9.17, 15) is 4.79 Å². The number of nitrogens with zero attached hydrogens (tertiary/aromatic N) is 8. The number of ether oxygens (including phenoxy) is 1. The van der Waals surface area contributed by atoms with Gasteiger partial charge in [-0.05, 0) is 25.0 Å². The van der Waals surface area contributed by atoms with Crippen molar-refractivity contribution in [1.82, 2.24) is 34.6 Å². The first-order valence-electron chi connectivity index (χ1n) is 13.7. The van der Waals surface area contributed by atoms with Gasteiger partial charge in [-0.2, -0.15) is 5.10 Å². The standard InChI is InChI=1S/C28H35N9O2/c1-34-17-20(16-31-34)26-33-25-27(35(26)2)29-19-30-28(25)37-13-11-36(12-14-37)22-9-6-10-23(15-22)39-18-24(38)32-21-7-4-3-5-8-21/h6,9-10,15-17,19,21H,3-5,7-8,11-14,18H2,1-2H3,(H,32,38). The van der Waals surface area contributed by atoms with E-state index in [1.54, 1.807) is 11.0 Å². The molecule has 1 amide bonds. The monoisotopic (exact) mass is 529 g/mol. The fourth-order valence-electron chi connectivity index (χ4n) is 5.63. The minimum Gasteiger partial charge on any atom is -0.484 e. The molecular formula is C28H35N9O2. The van der Waals surface area contributed by atoms with Crippen molar-refractivity contribution < 1.29 is 9.53 Å². The number of carbonyl (C=O) groups is 1. The van der Waals surface area contributed by atoms with Crippen LogP contribution in [0.15, 0.2) is 43.0 Å². The number of amides is 1. The van der Waals surface area contributed by atoms with Crippen molar-refractivity contribution in [3.05, 3.63) is 43.0 Å². The van der Waals surface area contributed by atoms with Crippen LogP contribution in [0.5, 0.6) is 5.75 Å². The number of anilines is 2. The highest BCUT2D eigenvalue weighted by Gasteiger charge is 2.24.